The van der Waals surface area contributed by atoms with E-state index in [1.165, 1.54) is 24.2 Å². The zero-order valence-corrected chi connectivity index (χ0v) is 8.65. The Balaban J connectivity index is 2.11. The Morgan fingerprint density at radius 3 is 2.71 bits per heavy atom. The maximum absolute atomic E-state index is 10.6. The summed E-state index contributed by atoms with van der Waals surface area (Å²) in [4.78, 5) is 13.9. The highest BCUT2D eigenvalue weighted by Gasteiger charge is 2.16. The molecular formula is C10H18N2O2. The van der Waals surface area contributed by atoms with Gasteiger partial charge in [-0.25, -0.2) is 4.79 Å². The van der Waals surface area contributed by atoms with Crippen LogP contribution in [0, 0.1) is 0 Å². The Kier molecular flexibility index (Phi) is 4.29. The van der Waals surface area contributed by atoms with Crippen LogP contribution in [0.25, 0.3) is 0 Å². The van der Waals surface area contributed by atoms with E-state index in [4.69, 9.17) is 5.11 Å². The third kappa shape index (κ3) is 3.28. The highest BCUT2D eigenvalue weighted by Crippen LogP contribution is 2.08. The largest absolute Gasteiger partial charge is 0.465 e. The third-order valence-electron chi connectivity index (χ3n) is 2.34. The van der Waals surface area contributed by atoms with Gasteiger partial charge in [0.1, 0.15) is 6.67 Å². The Morgan fingerprint density at radius 2 is 2.14 bits per heavy atom. The maximum Gasteiger partial charge on any atom is 0.412 e. The van der Waals surface area contributed by atoms with Crippen molar-refractivity contribution in [3.8, 4) is 0 Å². The molecule has 1 N–H and O–H groups in total. The van der Waals surface area contributed by atoms with E-state index in [-0.39, 0.29) is 0 Å². The molecule has 0 aromatic rings. The van der Waals surface area contributed by atoms with Crippen molar-refractivity contribution in [2.45, 2.75) is 32.6 Å². The van der Waals surface area contributed by atoms with Crippen molar-refractivity contribution >= 4 is 6.09 Å². The molecule has 0 aromatic carbocycles. The number of carboxylic acid groups (broad SMARTS) is 1. The molecule has 14 heavy (non-hydrogen) atoms. The first-order valence-electron chi connectivity index (χ1n) is 5.16. The summed E-state index contributed by atoms with van der Waals surface area (Å²) in [6.45, 7) is 3.63. The van der Waals surface area contributed by atoms with Crippen LogP contribution in [0.1, 0.15) is 32.6 Å². The molecule has 0 unspecified atom stereocenters. The lowest BCUT2D eigenvalue weighted by Crippen LogP contribution is -2.29. The highest BCUT2D eigenvalue weighted by atomic mass is 16.4. The molecule has 1 rings (SSSR count). The molecule has 1 aliphatic rings. The van der Waals surface area contributed by atoms with Crippen molar-refractivity contribution in [3.05, 3.63) is 12.4 Å². The first kappa shape index (κ1) is 10.9. The fourth-order valence-electron chi connectivity index (χ4n) is 1.48. The molecule has 1 aliphatic heterocycles. The smallest absolute Gasteiger partial charge is 0.412 e. The van der Waals surface area contributed by atoms with Crippen LogP contribution in [0.15, 0.2) is 12.4 Å². The van der Waals surface area contributed by atoms with Crippen LogP contribution < -0.4 is 0 Å². The van der Waals surface area contributed by atoms with E-state index >= 15 is 0 Å². The van der Waals surface area contributed by atoms with Gasteiger partial charge in [0.15, 0.2) is 0 Å². The van der Waals surface area contributed by atoms with E-state index < -0.39 is 6.09 Å². The first-order chi connectivity index (χ1) is 6.74. The van der Waals surface area contributed by atoms with E-state index in [0.29, 0.717) is 6.67 Å². The summed E-state index contributed by atoms with van der Waals surface area (Å²) >= 11 is 0. The van der Waals surface area contributed by atoms with E-state index in [2.05, 4.69) is 6.92 Å². The molecule has 0 spiro atoms. The van der Waals surface area contributed by atoms with E-state index in [9.17, 15) is 4.79 Å². The number of hydrogen-bond acceptors (Lipinski definition) is 2. The second-order valence-electron chi connectivity index (χ2n) is 3.56. The van der Waals surface area contributed by atoms with Crippen molar-refractivity contribution in [2.24, 2.45) is 0 Å². The van der Waals surface area contributed by atoms with Crippen molar-refractivity contribution in [2.75, 3.05) is 13.2 Å². The molecule has 0 bridgehead atoms. The van der Waals surface area contributed by atoms with Crippen LogP contribution in [0.2, 0.25) is 0 Å². The van der Waals surface area contributed by atoms with Crippen LogP contribution in [0.5, 0.6) is 0 Å². The number of unbranched alkanes of at least 4 members (excludes halogenated alkanes) is 3. The van der Waals surface area contributed by atoms with Crippen LogP contribution in [-0.2, 0) is 0 Å². The van der Waals surface area contributed by atoms with Gasteiger partial charge in [-0.05, 0) is 6.42 Å². The molecule has 0 aliphatic carbocycles. The molecule has 0 aromatic heterocycles. The zero-order chi connectivity index (χ0) is 10.4. The van der Waals surface area contributed by atoms with Crippen LogP contribution in [0.4, 0.5) is 4.79 Å². The molecule has 1 heterocycles. The standard InChI is InChI=1S/C10H18N2O2/c1-2-3-4-5-6-11-7-8-12(9-11)10(13)14/h7-8H,2-6,9H2,1H3,(H,13,14). The molecule has 0 saturated heterocycles. The van der Waals surface area contributed by atoms with Gasteiger partial charge in [-0.15, -0.1) is 0 Å². The maximum atomic E-state index is 10.6. The lowest BCUT2D eigenvalue weighted by atomic mass is 10.2. The van der Waals surface area contributed by atoms with Gasteiger partial charge in [-0.3, -0.25) is 4.90 Å². The van der Waals surface area contributed by atoms with Gasteiger partial charge in [0.25, 0.3) is 0 Å². The summed E-state index contributed by atoms with van der Waals surface area (Å²) in [7, 11) is 0. The molecule has 4 nitrogen and oxygen atoms in total. The minimum atomic E-state index is -0.877. The highest BCUT2D eigenvalue weighted by molar-refractivity contribution is 5.66. The summed E-state index contributed by atoms with van der Waals surface area (Å²) in [5.74, 6) is 0. The summed E-state index contributed by atoms with van der Waals surface area (Å²) in [6.07, 6.45) is 7.45. The van der Waals surface area contributed by atoms with Gasteiger partial charge < -0.3 is 10.0 Å². The molecule has 0 saturated carbocycles. The van der Waals surface area contributed by atoms with Gasteiger partial charge in [0, 0.05) is 18.9 Å². The summed E-state index contributed by atoms with van der Waals surface area (Å²) < 4.78 is 0. The average Bonchev–Trinajstić information content (AvgIpc) is 2.61. The average molecular weight is 198 g/mol. The molecule has 0 radical (unpaired) electrons. The number of carbonyl (C=O) groups is 1. The molecular weight excluding hydrogens is 180 g/mol. The Hall–Kier alpha value is -1.19. The van der Waals surface area contributed by atoms with Crippen molar-refractivity contribution in [1.82, 2.24) is 9.80 Å². The van der Waals surface area contributed by atoms with Gasteiger partial charge in [0.05, 0.1) is 0 Å². The summed E-state index contributed by atoms with van der Waals surface area (Å²) in [6, 6.07) is 0. The van der Waals surface area contributed by atoms with E-state index in [1.807, 2.05) is 11.1 Å². The predicted octanol–water partition coefficient (Wildman–Crippen LogP) is 2.29. The lowest BCUT2D eigenvalue weighted by molar-refractivity contribution is 0.152. The topological polar surface area (TPSA) is 43.8 Å². The van der Waals surface area contributed by atoms with Gasteiger partial charge >= 0.3 is 6.09 Å². The number of hydrogen-bond donors (Lipinski definition) is 1. The molecule has 4 heteroatoms. The van der Waals surface area contributed by atoms with Gasteiger partial charge in [0.2, 0.25) is 0 Å². The number of nitrogens with zero attached hydrogens (tertiary/aromatic N) is 2. The van der Waals surface area contributed by atoms with Gasteiger partial charge in [-0.1, -0.05) is 26.2 Å². The first-order valence-corrected chi connectivity index (χ1v) is 5.16. The summed E-state index contributed by atoms with van der Waals surface area (Å²) in [5, 5.41) is 8.69. The predicted molar refractivity (Wildman–Crippen MR) is 54.7 cm³/mol. The van der Waals surface area contributed by atoms with Crippen molar-refractivity contribution in [1.29, 1.82) is 0 Å². The normalized spacial score (nSPS) is 15.2. The second kappa shape index (κ2) is 5.52. The van der Waals surface area contributed by atoms with Crippen LogP contribution in [0.3, 0.4) is 0 Å². The molecule has 1 amide bonds. The fraction of sp³-hybridized carbons (Fsp3) is 0.700. The van der Waals surface area contributed by atoms with E-state index in [0.717, 1.165) is 13.0 Å². The number of rotatable bonds is 5. The second-order valence-corrected chi connectivity index (χ2v) is 3.56. The number of amides is 1. The van der Waals surface area contributed by atoms with Gasteiger partial charge in [-0.2, -0.15) is 0 Å². The van der Waals surface area contributed by atoms with Crippen LogP contribution in [-0.4, -0.2) is 34.2 Å². The molecule has 0 atom stereocenters. The van der Waals surface area contributed by atoms with Crippen molar-refractivity contribution < 1.29 is 9.90 Å². The van der Waals surface area contributed by atoms with Crippen molar-refractivity contribution in [3.63, 3.8) is 0 Å². The monoisotopic (exact) mass is 198 g/mol. The third-order valence-corrected chi connectivity index (χ3v) is 2.34. The Bertz CT molecular complexity index is 216. The zero-order valence-electron chi connectivity index (χ0n) is 8.65. The molecule has 80 valence electrons. The minimum Gasteiger partial charge on any atom is -0.465 e. The Morgan fingerprint density at radius 1 is 1.36 bits per heavy atom. The van der Waals surface area contributed by atoms with Crippen LogP contribution >= 0.6 is 0 Å². The SMILES string of the molecule is CCCCCCN1C=CN(C(=O)O)C1. The fourth-order valence-corrected chi connectivity index (χ4v) is 1.48. The molecule has 0 fully saturated rings. The quantitative estimate of drug-likeness (QED) is 0.689. The summed E-state index contributed by atoms with van der Waals surface area (Å²) in [5.41, 5.74) is 0. The lowest BCUT2D eigenvalue weighted by Gasteiger charge is -2.17. The van der Waals surface area contributed by atoms with E-state index in [1.54, 1.807) is 6.20 Å². The minimum absolute atomic E-state index is 0.488. The Labute approximate surface area is 84.8 Å².